The maximum absolute atomic E-state index is 12.9. The average Bonchev–Trinajstić information content (AvgIpc) is 2.67. The van der Waals surface area contributed by atoms with Crippen LogP contribution in [0.15, 0.2) is 55.1 Å². The molecule has 0 unspecified atom stereocenters. The van der Waals surface area contributed by atoms with E-state index < -0.39 is 0 Å². The van der Waals surface area contributed by atoms with Crippen LogP contribution in [-0.2, 0) is 11.3 Å². The van der Waals surface area contributed by atoms with Gasteiger partial charge < -0.3 is 19.7 Å². The van der Waals surface area contributed by atoms with E-state index in [-0.39, 0.29) is 18.4 Å². The van der Waals surface area contributed by atoms with Gasteiger partial charge in [-0.25, -0.2) is 0 Å². The van der Waals surface area contributed by atoms with Crippen LogP contribution < -0.4 is 14.8 Å². The SMILES string of the molecule is C=CCN(Cc1ccc(OC)cc1)C(=O)c1ccc2c(c1)NC(=O)CO2. The molecule has 0 saturated heterocycles. The lowest BCUT2D eigenvalue weighted by molar-refractivity contribution is -0.118. The molecule has 6 heteroatoms. The van der Waals surface area contributed by atoms with E-state index in [2.05, 4.69) is 11.9 Å². The highest BCUT2D eigenvalue weighted by Gasteiger charge is 2.20. The smallest absolute Gasteiger partial charge is 0.262 e. The molecule has 1 N–H and O–H groups in total. The average molecular weight is 352 g/mol. The van der Waals surface area contributed by atoms with Gasteiger partial charge in [0.05, 0.1) is 12.8 Å². The molecule has 0 fully saturated rings. The van der Waals surface area contributed by atoms with Gasteiger partial charge in [0, 0.05) is 18.7 Å². The second kappa shape index (κ2) is 7.74. The summed E-state index contributed by atoms with van der Waals surface area (Å²) >= 11 is 0. The lowest BCUT2D eigenvalue weighted by Crippen LogP contribution is -2.31. The first kappa shape index (κ1) is 17.5. The van der Waals surface area contributed by atoms with Gasteiger partial charge in [-0.05, 0) is 35.9 Å². The second-order valence-corrected chi connectivity index (χ2v) is 5.87. The fourth-order valence-corrected chi connectivity index (χ4v) is 2.73. The summed E-state index contributed by atoms with van der Waals surface area (Å²) in [6.45, 7) is 4.57. The second-order valence-electron chi connectivity index (χ2n) is 5.87. The zero-order valence-corrected chi connectivity index (χ0v) is 14.5. The molecule has 134 valence electrons. The normalized spacial score (nSPS) is 12.4. The lowest BCUT2D eigenvalue weighted by Gasteiger charge is -2.23. The number of rotatable bonds is 6. The van der Waals surface area contributed by atoms with Gasteiger partial charge in [-0.1, -0.05) is 18.2 Å². The maximum Gasteiger partial charge on any atom is 0.262 e. The third kappa shape index (κ3) is 3.85. The van der Waals surface area contributed by atoms with Crippen LogP contribution in [0, 0.1) is 0 Å². The number of methoxy groups -OCH3 is 1. The number of fused-ring (bicyclic) bond motifs is 1. The Morgan fingerprint density at radius 3 is 2.77 bits per heavy atom. The number of anilines is 1. The van der Waals surface area contributed by atoms with Crippen molar-refractivity contribution < 1.29 is 19.1 Å². The van der Waals surface area contributed by atoms with Crippen LogP contribution in [0.25, 0.3) is 0 Å². The molecule has 1 heterocycles. The first-order chi connectivity index (χ1) is 12.6. The van der Waals surface area contributed by atoms with Crippen molar-refractivity contribution >= 4 is 17.5 Å². The van der Waals surface area contributed by atoms with Crippen LogP contribution in [0.3, 0.4) is 0 Å². The van der Waals surface area contributed by atoms with E-state index in [4.69, 9.17) is 9.47 Å². The highest BCUT2D eigenvalue weighted by atomic mass is 16.5. The number of nitrogens with zero attached hydrogens (tertiary/aromatic N) is 1. The summed E-state index contributed by atoms with van der Waals surface area (Å²) in [5.74, 6) is 0.943. The van der Waals surface area contributed by atoms with Crippen molar-refractivity contribution in [2.75, 3.05) is 25.6 Å². The van der Waals surface area contributed by atoms with Crippen molar-refractivity contribution in [3.8, 4) is 11.5 Å². The third-order valence-electron chi connectivity index (χ3n) is 4.03. The first-order valence-electron chi connectivity index (χ1n) is 8.20. The van der Waals surface area contributed by atoms with Gasteiger partial charge in [0.25, 0.3) is 11.8 Å². The van der Waals surface area contributed by atoms with Crippen molar-refractivity contribution in [1.29, 1.82) is 0 Å². The molecule has 2 aromatic carbocycles. The van der Waals surface area contributed by atoms with Crippen LogP contribution in [0.4, 0.5) is 5.69 Å². The van der Waals surface area contributed by atoms with Gasteiger partial charge in [0.15, 0.2) is 6.61 Å². The summed E-state index contributed by atoms with van der Waals surface area (Å²) in [5, 5.41) is 2.72. The quantitative estimate of drug-likeness (QED) is 0.812. The van der Waals surface area contributed by atoms with E-state index in [1.165, 1.54) is 0 Å². The van der Waals surface area contributed by atoms with E-state index in [0.29, 0.717) is 30.1 Å². The summed E-state index contributed by atoms with van der Waals surface area (Å²) < 4.78 is 10.5. The zero-order chi connectivity index (χ0) is 18.5. The number of ether oxygens (including phenoxy) is 2. The molecular weight excluding hydrogens is 332 g/mol. The van der Waals surface area contributed by atoms with Gasteiger partial charge in [-0.15, -0.1) is 6.58 Å². The van der Waals surface area contributed by atoms with Gasteiger partial charge in [-0.3, -0.25) is 9.59 Å². The molecule has 2 aromatic rings. The minimum absolute atomic E-state index is 0.0135. The molecule has 3 rings (SSSR count). The number of hydrogen-bond acceptors (Lipinski definition) is 4. The van der Waals surface area contributed by atoms with Crippen molar-refractivity contribution in [3.05, 3.63) is 66.2 Å². The first-order valence-corrected chi connectivity index (χ1v) is 8.20. The van der Waals surface area contributed by atoms with Gasteiger partial charge >= 0.3 is 0 Å². The fraction of sp³-hybridized carbons (Fsp3) is 0.200. The summed E-state index contributed by atoms with van der Waals surface area (Å²) in [6.07, 6.45) is 1.69. The molecule has 6 nitrogen and oxygen atoms in total. The highest BCUT2D eigenvalue weighted by Crippen LogP contribution is 2.29. The minimum Gasteiger partial charge on any atom is -0.497 e. The number of hydrogen-bond donors (Lipinski definition) is 1. The van der Waals surface area contributed by atoms with E-state index in [9.17, 15) is 9.59 Å². The largest absolute Gasteiger partial charge is 0.497 e. The van der Waals surface area contributed by atoms with E-state index in [0.717, 1.165) is 11.3 Å². The standard InChI is InChI=1S/C20H20N2O4/c1-3-10-22(12-14-4-7-16(25-2)8-5-14)20(24)15-6-9-18-17(11-15)21-19(23)13-26-18/h3-9,11H,1,10,12-13H2,2H3,(H,21,23). The predicted molar refractivity (Wildman–Crippen MR) is 98.5 cm³/mol. The Bertz CT molecular complexity index is 830. The Morgan fingerprint density at radius 1 is 1.31 bits per heavy atom. The summed E-state index contributed by atoms with van der Waals surface area (Å²) in [5.41, 5.74) is 1.97. The molecule has 0 atom stereocenters. The Morgan fingerprint density at radius 2 is 2.08 bits per heavy atom. The Hall–Kier alpha value is -3.28. The van der Waals surface area contributed by atoms with Gasteiger partial charge in [0.2, 0.25) is 0 Å². The van der Waals surface area contributed by atoms with Crippen LogP contribution >= 0.6 is 0 Å². The third-order valence-corrected chi connectivity index (χ3v) is 4.03. The van der Waals surface area contributed by atoms with Crippen LogP contribution in [-0.4, -0.2) is 37.0 Å². The number of carbonyl (C=O) groups excluding carboxylic acids is 2. The summed E-state index contributed by atoms with van der Waals surface area (Å²) in [4.78, 5) is 26.1. The molecule has 0 radical (unpaired) electrons. The van der Waals surface area contributed by atoms with Crippen LogP contribution in [0.2, 0.25) is 0 Å². The summed E-state index contributed by atoms with van der Waals surface area (Å²) in [6, 6.07) is 12.6. The van der Waals surface area contributed by atoms with Crippen molar-refractivity contribution in [2.45, 2.75) is 6.54 Å². The van der Waals surface area contributed by atoms with Gasteiger partial charge in [0.1, 0.15) is 11.5 Å². The van der Waals surface area contributed by atoms with Crippen molar-refractivity contribution in [2.24, 2.45) is 0 Å². The Labute approximate surface area is 152 Å². The van der Waals surface area contributed by atoms with E-state index >= 15 is 0 Å². The topological polar surface area (TPSA) is 67.9 Å². The van der Waals surface area contributed by atoms with Crippen LogP contribution in [0.1, 0.15) is 15.9 Å². The van der Waals surface area contributed by atoms with Crippen LogP contribution in [0.5, 0.6) is 11.5 Å². The molecule has 0 aliphatic carbocycles. The lowest BCUT2D eigenvalue weighted by atomic mass is 10.1. The molecule has 26 heavy (non-hydrogen) atoms. The molecule has 2 amide bonds. The molecule has 0 saturated carbocycles. The van der Waals surface area contributed by atoms with Crippen molar-refractivity contribution in [3.63, 3.8) is 0 Å². The monoisotopic (exact) mass is 352 g/mol. The number of nitrogens with one attached hydrogen (secondary N) is 1. The summed E-state index contributed by atoms with van der Waals surface area (Å²) in [7, 11) is 1.61. The number of carbonyl (C=O) groups is 2. The molecule has 1 aliphatic rings. The number of benzene rings is 2. The van der Waals surface area contributed by atoms with Gasteiger partial charge in [-0.2, -0.15) is 0 Å². The fourth-order valence-electron chi connectivity index (χ4n) is 2.73. The maximum atomic E-state index is 12.9. The number of amides is 2. The molecule has 0 spiro atoms. The Balaban J connectivity index is 1.80. The van der Waals surface area contributed by atoms with E-state index in [1.807, 2.05) is 24.3 Å². The van der Waals surface area contributed by atoms with Crippen molar-refractivity contribution in [1.82, 2.24) is 4.90 Å². The Kier molecular flexibility index (Phi) is 5.22. The molecule has 0 bridgehead atoms. The highest BCUT2D eigenvalue weighted by molar-refractivity contribution is 5.99. The molecular formula is C20H20N2O4. The molecule has 0 aromatic heterocycles. The van der Waals surface area contributed by atoms with E-state index in [1.54, 1.807) is 36.3 Å². The minimum atomic E-state index is -0.233. The zero-order valence-electron chi connectivity index (χ0n) is 14.5. The predicted octanol–water partition coefficient (Wildman–Crippen LogP) is 2.85. The molecule has 1 aliphatic heterocycles.